The summed E-state index contributed by atoms with van der Waals surface area (Å²) in [5.41, 5.74) is 14.9. The minimum atomic E-state index is -0.563. The molecule has 1 spiro atoms. The highest BCUT2D eigenvalue weighted by molar-refractivity contribution is 7.26. The highest BCUT2D eigenvalue weighted by Gasteiger charge is 2.51. The average Bonchev–Trinajstić information content (AvgIpc) is 4.05. The fourth-order valence-electron chi connectivity index (χ4n) is 11.0. The Morgan fingerprint density at radius 3 is 1.67 bits per heavy atom. The quantitative estimate of drug-likeness (QED) is 0.167. The zero-order valence-corrected chi connectivity index (χ0v) is 36.4. The van der Waals surface area contributed by atoms with Gasteiger partial charge in [0.1, 0.15) is 22.7 Å². The molecule has 0 amide bonds. The summed E-state index contributed by atoms with van der Waals surface area (Å²) in [4.78, 5) is 4.81. The number of nitrogens with zero attached hydrogens (tertiary/aromatic N) is 2. The van der Waals surface area contributed by atoms with Crippen molar-refractivity contribution in [3.05, 3.63) is 253 Å². The Bertz CT molecular complexity index is 3800. The zero-order chi connectivity index (χ0) is 43.3. The molecule has 0 N–H and O–H groups in total. The summed E-state index contributed by atoms with van der Waals surface area (Å²) >= 11 is 1.84. The van der Waals surface area contributed by atoms with Crippen LogP contribution in [0.25, 0.3) is 53.2 Å². The number of hydrogen-bond donors (Lipinski definition) is 0. The van der Waals surface area contributed by atoms with E-state index in [1.807, 2.05) is 23.5 Å². The van der Waals surface area contributed by atoms with E-state index in [0.29, 0.717) is 0 Å². The van der Waals surface area contributed by atoms with Gasteiger partial charge in [0.15, 0.2) is 0 Å². The van der Waals surface area contributed by atoms with Crippen molar-refractivity contribution in [3.8, 4) is 22.6 Å². The van der Waals surface area contributed by atoms with Crippen molar-refractivity contribution in [2.24, 2.45) is 0 Å². The number of ether oxygens (including phenoxy) is 1. The van der Waals surface area contributed by atoms with Gasteiger partial charge in [-0.15, -0.1) is 11.3 Å². The van der Waals surface area contributed by atoms with E-state index < -0.39 is 5.41 Å². The molecule has 14 rings (SSSR count). The molecule has 4 nitrogen and oxygen atoms in total. The molecule has 1 aliphatic carbocycles. The lowest BCUT2D eigenvalue weighted by Gasteiger charge is -2.40. The van der Waals surface area contributed by atoms with Crippen molar-refractivity contribution in [1.82, 2.24) is 0 Å². The van der Waals surface area contributed by atoms with Crippen LogP contribution < -0.4 is 14.5 Å². The molecular weight excluding hydrogens is 825 g/mol. The van der Waals surface area contributed by atoms with Crippen LogP contribution in [0.15, 0.2) is 235 Å². The van der Waals surface area contributed by atoms with Gasteiger partial charge >= 0.3 is 0 Å². The lowest BCUT2D eigenvalue weighted by Crippen LogP contribution is -2.32. The van der Waals surface area contributed by atoms with Crippen LogP contribution in [-0.2, 0) is 5.41 Å². The highest BCUT2D eigenvalue weighted by atomic mass is 32.1. The van der Waals surface area contributed by atoms with Gasteiger partial charge < -0.3 is 19.0 Å². The maximum absolute atomic E-state index is 7.12. The maximum Gasteiger partial charge on any atom is 0.135 e. The zero-order valence-electron chi connectivity index (χ0n) is 35.6. The topological polar surface area (TPSA) is 28.9 Å². The predicted molar refractivity (Wildman–Crippen MR) is 273 cm³/mol. The lowest BCUT2D eigenvalue weighted by atomic mass is 9.66. The number of benzene rings is 10. The molecule has 0 bridgehead atoms. The molecule has 3 heterocycles. The van der Waals surface area contributed by atoms with Gasteiger partial charge in [-0.05, 0) is 101 Å². The normalized spacial score (nSPS) is 13.1. The van der Waals surface area contributed by atoms with E-state index >= 15 is 0 Å². The number of furan rings is 1. The molecule has 5 heteroatoms. The number of thiophene rings is 1. The Kier molecular flexibility index (Phi) is 8.03. The summed E-state index contributed by atoms with van der Waals surface area (Å²) in [6.07, 6.45) is 0. The van der Waals surface area contributed by atoms with Gasteiger partial charge in [-0.1, -0.05) is 146 Å². The molecule has 2 aliphatic rings. The Morgan fingerprint density at radius 2 is 0.909 bits per heavy atom. The van der Waals surface area contributed by atoms with E-state index in [1.54, 1.807) is 0 Å². The summed E-state index contributed by atoms with van der Waals surface area (Å²) in [6.45, 7) is 0. The van der Waals surface area contributed by atoms with Gasteiger partial charge in [0, 0.05) is 66.2 Å². The Labute approximate surface area is 385 Å². The van der Waals surface area contributed by atoms with Gasteiger partial charge in [0.25, 0.3) is 0 Å². The van der Waals surface area contributed by atoms with Crippen molar-refractivity contribution in [3.63, 3.8) is 0 Å². The number of fused-ring (bicyclic) bond motifs is 15. The number of para-hydroxylation sites is 4. The average molecular weight is 863 g/mol. The van der Waals surface area contributed by atoms with Crippen molar-refractivity contribution < 1.29 is 9.15 Å². The standard InChI is InChI=1S/C61H38N2O2S/c1-3-17-39(18-4-1)62(40-19-5-2-6-20-40)53-35-34-52(59-46-24-10-16-30-58(46)66-60(53)59)63(41-32-36-55-47(37-41)45-23-9-14-28-54(45)64-55)42-31-33-51-57(38-42)65-56-29-15-13-27-50(56)61(51)48-25-11-7-21-43(48)44-22-8-12-26-49(44)61/h1-38H. The number of anilines is 6. The van der Waals surface area contributed by atoms with Crippen LogP contribution in [0.5, 0.6) is 11.5 Å². The molecule has 0 atom stereocenters. The van der Waals surface area contributed by atoms with Gasteiger partial charge in [0.2, 0.25) is 0 Å². The number of hydrogen-bond acceptors (Lipinski definition) is 5. The summed E-state index contributed by atoms with van der Waals surface area (Å²) in [5, 5.41) is 4.54. The van der Waals surface area contributed by atoms with E-state index in [9.17, 15) is 0 Å². The molecule has 0 saturated carbocycles. The van der Waals surface area contributed by atoms with E-state index in [1.165, 1.54) is 42.4 Å². The predicted octanol–water partition coefficient (Wildman–Crippen LogP) is 17.4. The Balaban J connectivity index is 1.05. The van der Waals surface area contributed by atoms with Gasteiger partial charge in [-0.3, -0.25) is 0 Å². The third-order valence-electron chi connectivity index (χ3n) is 13.7. The van der Waals surface area contributed by atoms with Gasteiger partial charge in [0.05, 0.1) is 21.5 Å². The van der Waals surface area contributed by atoms with Crippen LogP contribution in [0.2, 0.25) is 0 Å². The van der Waals surface area contributed by atoms with Crippen molar-refractivity contribution in [2.75, 3.05) is 9.80 Å². The largest absolute Gasteiger partial charge is 0.457 e. The van der Waals surface area contributed by atoms with Crippen LogP contribution in [-0.4, -0.2) is 0 Å². The van der Waals surface area contributed by atoms with E-state index in [0.717, 1.165) is 78.7 Å². The summed E-state index contributed by atoms with van der Waals surface area (Å²) < 4.78 is 16.0. The molecule has 2 aromatic heterocycles. The fraction of sp³-hybridized carbons (Fsp3) is 0.0164. The van der Waals surface area contributed by atoms with Crippen molar-refractivity contribution in [2.45, 2.75) is 5.41 Å². The number of rotatable bonds is 6. The van der Waals surface area contributed by atoms with E-state index in [-0.39, 0.29) is 0 Å². The first-order valence-corrected chi connectivity index (χ1v) is 23.2. The maximum atomic E-state index is 7.12. The van der Waals surface area contributed by atoms with Crippen LogP contribution in [0, 0.1) is 0 Å². The SMILES string of the molecule is c1ccc(N(c2ccccc2)c2ccc(N(c3ccc4c(c3)Oc3ccccc3C43c4ccccc4-c4ccccc43)c3ccc4oc5ccccc5c4c3)c3c2sc2ccccc23)cc1. The highest BCUT2D eigenvalue weighted by Crippen LogP contribution is 2.63. The summed E-state index contributed by atoms with van der Waals surface area (Å²) in [5.74, 6) is 1.70. The molecule has 1 aliphatic heterocycles. The second kappa shape index (κ2) is 14.3. The minimum absolute atomic E-state index is 0.563. The molecule has 0 fully saturated rings. The van der Waals surface area contributed by atoms with Gasteiger partial charge in [-0.25, -0.2) is 0 Å². The smallest absolute Gasteiger partial charge is 0.135 e. The second-order valence-corrected chi connectivity index (χ2v) is 18.2. The molecule has 310 valence electrons. The van der Waals surface area contributed by atoms with Crippen molar-refractivity contribution >= 4 is 87.6 Å². The monoisotopic (exact) mass is 862 g/mol. The minimum Gasteiger partial charge on any atom is -0.457 e. The molecule has 0 saturated heterocycles. The van der Waals surface area contributed by atoms with E-state index in [2.05, 4.69) is 228 Å². The Hall–Kier alpha value is -8.38. The molecule has 10 aromatic carbocycles. The third kappa shape index (κ3) is 5.26. The van der Waals surface area contributed by atoms with E-state index in [4.69, 9.17) is 9.15 Å². The molecule has 0 radical (unpaired) electrons. The first-order valence-electron chi connectivity index (χ1n) is 22.4. The van der Waals surface area contributed by atoms with Crippen molar-refractivity contribution in [1.29, 1.82) is 0 Å². The molecule has 12 aromatic rings. The molecular formula is C61H38N2O2S. The third-order valence-corrected chi connectivity index (χ3v) is 14.9. The van der Waals surface area contributed by atoms with Crippen LogP contribution >= 0.6 is 11.3 Å². The summed E-state index contributed by atoms with van der Waals surface area (Å²) in [7, 11) is 0. The first-order chi connectivity index (χ1) is 32.7. The first kappa shape index (κ1) is 37.0. The fourth-order valence-corrected chi connectivity index (χ4v) is 12.2. The Morgan fingerprint density at radius 1 is 0.364 bits per heavy atom. The van der Waals surface area contributed by atoms with Crippen LogP contribution in [0.3, 0.4) is 0 Å². The summed E-state index contributed by atoms with van der Waals surface area (Å²) in [6, 6.07) is 83.0. The molecule has 0 unspecified atom stereocenters. The molecule has 66 heavy (non-hydrogen) atoms. The van der Waals surface area contributed by atoms with Crippen LogP contribution in [0.1, 0.15) is 22.3 Å². The second-order valence-electron chi connectivity index (χ2n) is 17.1. The lowest BCUT2D eigenvalue weighted by molar-refractivity contribution is 0.436. The van der Waals surface area contributed by atoms with Gasteiger partial charge in [-0.2, -0.15) is 0 Å². The van der Waals surface area contributed by atoms with Crippen LogP contribution in [0.4, 0.5) is 34.1 Å².